The molecule has 0 aromatic carbocycles. The molecule has 0 aliphatic carbocycles. The average Bonchev–Trinajstić information content (AvgIpc) is 2.27. The Bertz CT molecular complexity index is 335. The maximum atomic E-state index is 11.6. The maximum Gasteiger partial charge on any atom is 0.322 e. The molecule has 0 aromatic rings. The summed E-state index contributed by atoms with van der Waals surface area (Å²) in [5.74, 6) is -0.450. The zero-order chi connectivity index (χ0) is 12.6. The van der Waals surface area contributed by atoms with Crippen LogP contribution in [0.4, 0.5) is 4.79 Å². The van der Waals surface area contributed by atoms with Gasteiger partial charge in [0, 0.05) is 12.6 Å². The molecule has 0 spiro atoms. The third-order valence-electron chi connectivity index (χ3n) is 3.00. The number of urea groups is 1. The van der Waals surface area contributed by atoms with Gasteiger partial charge in [-0.25, -0.2) is 4.79 Å². The number of hydrogen-bond donors (Lipinski definition) is 6. The first-order valence-electron chi connectivity index (χ1n) is 5.46. The van der Waals surface area contributed by atoms with Crippen LogP contribution in [0.15, 0.2) is 0 Å². The van der Waals surface area contributed by atoms with Gasteiger partial charge >= 0.3 is 6.03 Å². The fourth-order valence-corrected chi connectivity index (χ4v) is 2.04. The zero-order valence-electron chi connectivity index (χ0n) is 9.30. The summed E-state index contributed by atoms with van der Waals surface area (Å²) in [6.07, 6.45) is -2.37. The molecule has 0 bridgehead atoms. The van der Waals surface area contributed by atoms with E-state index in [1.54, 1.807) is 0 Å². The van der Waals surface area contributed by atoms with Crippen LogP contribution in [0.1, 0.15) is 6.92 Å². The standard InChI is InChI=1S/C9H16N4O4/c1-3(14)6(15)4-2-10-7-5(11-4)8(16)13-9(17)12-7/h3-7,10-11,14-15H,2H2,1H3,(H2,12,13,16,17)/t3-,4?,5?,6-,7?/m0/s1. The van der Waals surface area contributed by atoms with E-state index in [0.29, 0.717) is 6.54 Å². The van der Waals surface area contributed by atoms with Gasteiger partial charge in [0.15, 0.2) is 0 Å². The molecule has 2 aliphatic heterocycles. The molecule has 2 aliphatic rings. The Morgan fingerprint density at radius 2 is 2.06 bits per heavy atom. The average molecular weight is 244 g/mol. The van der Waals surface area contributed by atoms with Gasteiger partial charge in [-0.1, -0.05) is 0 Å². The van der Waals surface area contributed by atoms with Crippen LogP contribution in [0.25, 0.3) is 0 Å². The van der Waals surface area contributed by atoms with Crippen molar-refractivity contribution in [3.63, 3.8) is 0 Å². The largest absolute Gasteiger partial charge is 0.391 e. The highest BCUT2D eigenvalue weighted by Gasteiger charge is 2.41. The van der Waals surface area contributed by atoms with Crippen molar-refractivity contribution >= 4 is 11.9 Å². The van der Waals surface area contributed by atoms with Gasteiger partial charge in [-0.3, -0.25) is 20.7 Å². The van der Waals surface area contributed by atoms with Crippen molar-refractivity contribution in [1.29, 1.82) is 0 Å². The predicted molar refractivity (Wildman–Crippen MR) is 56.9 cm³/mol. The summed E-state index contributed by atoms with van der Waals surface area (Å²) in [6.45, 7) is 1.82. The number of aliphatic hydroxyl groups is 2. The second-order valence-electron chi connectivity index (χ2n) is 4.33. The fraction of sp³-hybridized carbons (Fsp3) is 0.778. The molecular weight excluding hydrogens is 228 g/mol. The van der Waals surface area contributed by atoms with Crippen molar-refractivity contribution in [1.82, 2.24) is 21.3 Å². The van der Waals surface area contributed by atoms with Crippen molar-refractivity contribution < 1.29 is 19.8 Å². The lowest BCUT2D eigenvalue weighted by Gasteiger charge is -2.41. The molecule has 3 unspecified atom stereocenters. The van der Waals surface area contributed by atoms with Crippen LogP contribution < -0.4 is 21.3 Å². The normalized spacial score (nSPS) is 36.5. The molecule has 96 valence electrons. The monoisotopic (exact) mass is 244 g/mol. The van der Waals surface area contributed by atoms with Crippen molar-refractivity contribution in [2.45, 2.75) is 37.4 Å². The van der Waals surface area contributed by atoms with E-state index in [1.165, 1.54) is 6.92 Å². The molecular formula is C9H16N4O4. The smallest absolute Gasteiger partial charge is 0.322 e. The van der Waals surface area contributed by atoms with Gasteiger partial charge in [0.2, 0.25) is 5.91 Å². The summed E-state index contributed by atoms with van der Waals surface area (Å²) < 4.78 is 0. The Hall–Kier alpha value is -1.22. The third kappa shape index (κ3) is 2.39. The summed E-state index contributed by atoms with van der Waals surface area (Å²) in [6, 6.07) is -1.64. The second-order valence-corrected chi connectivity index (χ2v) is 4.33. The summed E-state index contributed by atoms with van der Waals surface area (Å²) in [4.78, 5) is 22.6. The Labute approximate surface area is 97.8 Å². The molecule has 0 saturated carbocycles. The predicted octanol–water partition coefficient (Wildman–Crippen LogP) is -3.18. The Balaban J connectivity index is 2.03. The van der Waals surface area contributed by atoms with Crippen molar-refractivity contribution in [3.05, 3.63) is 0 Å². The van der Waals surface area contributed by atoms with Crippen LogP contribution in [-0.2, 0) is 4.79 Å². The minimum atomic E-state index is -0.978. The van der Waals surface area contributed by atoms with E-state index in [9.17, 15) is 19.8 Å². The number of aliphatic hydroxyl groups excluding tert-OH is 2. The molecule has 2 rings (SSSR count). The maximum absolute atomic E-state index is 11.6. The zero-order valence-corrected chi connectivity index (χ0v) is 9.30. The number of fused-ring (bicyclic) bond motifs is 1. The van der Waals surface area contributed by atoms with Crippen LogP contribution in [-0.4, -0.2) is 59.2 Å². The first kappa shape index (κ1) is 12.2. The van der Waals surface area contributed by atoms with Crippen LogP contribution in [0, 0.1) is 0 Å². The number of carbonyl (C=O) groups excluding carboxylic acids is 2. The van der Waals surface area contributed by atoms with Gasteiger partial charge in [0.05, 0.1) is 12.2 Å². The first-order valence-corrected chi connectivity index (χ1v) is 5.46. The Morgan fingerprint density at radius 1 is 1.35 bits per heavy atom. The number of hydrogen-bond acceptors (Lipinski definition) is 6. The SMILES string of the molecule is C[C@H](O)[C@H](O)C1CNC2NC(=O)NC(=O)C2N1. The Morgan fingerprint density at radius 3 is 2.71 bits per heavy atom. The Kier molecular flexibility index (Phi) is 3.29. The van der Waals surface area contributed by atoms with Crippen LogP contribution >= 0.6 is 0 Å². The molecule has 17 heavy (non-hydrogen) atoms. The van der Waals surface area contributed by atoms with E-state index in [0.717, 1.165) is 0 Å². The topological polar surface area (TPSA) is 123 Å². The molecule has 5 atom stereocenters. The van der Waals surface area contributed by atoms with Crippen LogP contribution in [0.5, 0.6) is 0 Å². The fourth-order valence-electron chi connectivity index (χ4n) is 2.04. The first-order chi connectivity index (χ1) is 7.99. The van der Waals surface area contributed by atoms with E-state index < -0.39 is 42.4 Å². The van der Waals surface area contributed by atoms with E-state index in [2.05, 4.69) is 21.3 Å². The lowest BCUT2D eigenvalue weighted by atomic mass is 10.00. The lowest BCUT2D eigenvalue weighted by Crippen LogP contribution is -2.76. The summed E-state index contributed by atoms with van der Waals surface area (Å²) >= 11 is 0. The quantitative estimate of drug-likeness (QED) is 0.304. The molecule has 2 heterocycles. The van der Waals surface area contributed by atoms with E-state index in [-0.39, 0.29) is 0 Å². The van der Waals surface area contributed by atoms with Gasteiger partial charge in [-0.15, -0.1) is 0 Å². The summed E-state index contributed by atoms with van der Waals surface area (Å²) in [5.41, 5.74) is 0. The molecule has 8 nitrogen and oxygen atoms in total. The number of piperazine rings is 1. The van der Waals surface area contributed by atoms with Crippen molar-refractivity contribution in [2.75, 3.05) is 6.54 Å². The molecule has 2 saturated heterocycles. The summed E-state index contributed by atoms with van der Waals surface area (Å²) in [5, 5.41) is 29.5. The molecule has 6 N–H and O–H groups in total. The van der Waals surface area contributed by atoms with E-state index in [4.69, 9.17) is 0 Å². The third-order valence-corrected chi connectivity index (χ3v) is 3.00. The second kappa shape index (κ2) is 4.57. The number of imide groups is 1. The van der Waals surface area contributed by atoms with Crippen molar-refractivity contribution in [3.8, 4) is 0 Å². The van der Waals surface area contributed by atoms with Crippen LogP contribution in [0.3, 0.4) is 0 Å². The van der Waals surface area contributed by atoms with E-state index >= 15 is 0 Å². The highest BCUT2D eigenvalue weighted by atomic mass is 16.3. The van der Waals surface area contributed by atoms with Gasteiger partial charge in [0.25, 0.3) is 0 Å². The number of nitrogens with one attached hydrogen (secondary N) is 4. The highest BCUT2D eigenvalue weighted by Crippen LogP contribution is 2.09. The molecule has 8 heteroatoms. The summed E-state index contributed by atoms with van der Waals surface area (Å²) in [7, 11) is 0. The molecule has 0 aromatic heterocycles. The number of carbonyl (C=O) groups is 2. The lowest BCUT2D eigenvalue weighted by molar-refractivity contribution is -0.125. The van der Waals surface area contributed by atoms with Crippen LogP contribution in [0.2, 0.25) is 0 Å². The number of rotatable bonds is 2. The highest BCUT2D eigenvalue weighted by molar-refractivity contribution is 6.00. The molecule has 0 radical (unpaired) electrons. The molecule has 3 amide bonds. The minimum Gasteiger partial charge on any atom is -0.391 e. The minimum absolute atomic E-state index is 0.348. The van der Waals surface area contributed by atoms with Gasteiger partial charge in [-0.05, 0) is 6.92 Å². The molecule has 2 fully saturated rings. The van der Waals surface area contributed by atoms with Crippen molar-refractivity contribution in [2.24, 2.45) is 0 Å². The van der Waals surface area contributed by atoms with Gasteiger partial charge < -0.3 is 15.5 Å². The number of amides is 3. The van der Waals surface area contributed by atoms with E-state index in [1.807, 2.05) is 0 Å². The van der Waals surface area contributed by atoms with Gasteiger partial charge in [0.1, 0.15) is 12.2 Å². The van der Waals surface area contributed by atoms with Gasteiger partial charge in [-0.2, -0.15) is 0 Å².